The molecule has 0 bridgehead atoms. The van der Waals surface area contributed by atoms with E-state index in [1.54, 1.807) is 12.1 Å². The Kier molecular flexibility index (Phi) is 6.92. The van der Waals surface area contributed by atoms with Gasteiger partial charge >= 0.3 is 0 Å². The highest BCUT2D eigenvalue weighted by molar-refractivity contribution is 9.09. The zero-order valence-corrected chi connectivity index (χ0v) is 13.4. The van der Waals surface area contributed by atoms with Gasteiger partial charge in [-0.25, -0.2) is 0 Å². The van der Waals surface area contributed by atoms with Crippen LogP contribution in [0.5, 0.6) is 5.75 Å². The number of ether oxygens (including phenoxy) is 1. The quantitative estimate of drug-likeness (QED) is 0.774. The average molecular weight is 328 g/mol. The summed E-state index contributed by atoms with van der Waals surface area (Å²) in [6, 6.07) is 7.49. The molecule has 3 nitrogen and oxygen atoms in total. The van der Waals surface area contributed by atoms with Crippen LogP contribution in [0.1, 0.15) is 44.0 Å². The number of amides is 1. The van der Waals surface area contributed by atoms with Crippen molar-refractivity contribution in [2.24, 2.45) is 0 Å². The number of benzene rings is 1. The summed E-state index contributed by atoms with van der Waals surface area (Å²) in [6.07, 6.45) is 2.02. The summed E-state index contributed by atoms with van der Waals surface area (Å²) in [6.45, 7) is 6.03. The van der Waals surface area contributed by atoms with Crippen molar-refractivity contribution < 1.29 is 9.53 Å². The molecule has 1 aromatic rings. The molecule has 1 rings (SSSR count). The molecule has 1 atom stereocenters. The molecule has 1 amide bonds. The highest BCUT2D eigenvalue weighted by atomic mass is 79.9. The molecule has 0 spiro atoms. The van der Waals surface area contributed by atoms with Crippen molar-refractivity contribution in [1.29, 1.82) is 0 Å². The van der Waals surface area contributed by atoms with Gasteiger partial charge in [0.05, 0.1) is 6.10 Å². The number of hydrogen-bond donors (Lipinski definition) is 1. The summed E-state index contributed by atoms with van der Waals surface area (Å²) >= 11 is 3.40. The summed E-state index contributed by atoms with van der Waals surface area (Å²) in [5, 5.41) is 3.93. The van der Waals surface area contributed by atoms with E-state index in [1.807, 2.05) is 26.0 Å². The molecule has 1 unspecified atom stereocenters. The summed E-state index contributed by atoms with van der Waals surface area (Å²) < 4.78 is 5.55. The number of rotatable bonds is 7. The normalized spacial score (nSPS) is 12.3. The lowest BCUT2D eigenvalue weighted by molar-refractivity contribution is 0.0935. The second-order valence-electron chi connectivity index (χ2n) is 4.75. The van der Waals surface area contributed by atoms with Gasteiger partial charge in [-0.05, 0) is 51.0 Å². The smallest absolute Gasteiger partial charge is 0.251 e. The average Bonchev–Trinajstić information content (AvgIpc) is 2.38. The molecule has 0 aliphatic heterocycles. The van der Waals surface area contributed by atoms with E-state index in [1.165, 1.54) is 0 Å². The maximum Gasteiger partial charge on any atom is 0.251 e. The van der Waals surface area contributed by atoms with Crippen LogP contribution in [-0.4, -0.2) is 23.4 Å². The van der Waals surface area contributed by atoms with E-state index < -0.39 is 0 Å². The van der Waals surface area contributed by atoms with Gasteiger partial charge in [0.1, 0.15) is 5.75 Å². The molecule has 0 fully saturated rings. The summed E-state index contributed by atoms with van der Waals surface area (Å²) in [7, 11) is 0. The predicted molar refractivity (Wildman–Crippen MR) is 82.2 cm³/mol. The van der Waals surface area contributed by atoms with Gasteiger partial charge in [0, 0.05) is 16.9 Å². The van der Waals surface area contributed by atoms with Crippen molar-refractivity contribution in [3.8, 4) is 5.75 Å². The van der Waals surface area contributed by atoms with E-state index in [2.05, 4.69) is 28.2 Å². The van der Waals surface area contributed by atoms with Gasteiger partial charge in [0.2, 0.25) is 0 Å². The van der Waals surface area contributed by atoms with Gasteiger partial charge in [-0.3, -0.25) is 4.79 Å². The molecule has 106 valence electrons. The van der Waals surface area contributed by atoms with Crippen molar-refractivity contribution in [2.45, 2.75) is 45.8 Å². The Morgan fingerprint density at radius 1 is 1.32 bits per heavy atom. The van der Waals surface area contributed by atoms with Crippen LogP contribution in [0.25, 0.3) is 0 Å². The second-order valence-corrected chi connectivity index (χ2v) is 5.54. The predicted octanol–water partition coefficient (Wildman–Crippen LogP) is 3.77. The lowest BCUT2D eigenvalue weighted by Gasteiger charge is -2.16. The molecule has 1 aromatic carbocycles. The van der Waals surface area contributed by atoms with Crippen LogP contribution in [0.4, 0.5) is 0 Å². The molecule has 0 saturated carbocycles. The van der Waals surface area contributed by atoms with E-state index in [-0.39, 0.29) is 18.1 Å². The number of carbonyl (C=O) groups is 1. The van der Waals surface area contributed by atoms with Crippen molar-refractivity contribution in [3.05, 3.63) is 29.8 Å². The third kappa shape index (κ3) is 5.64. The van der Waals surface area contributed by atoms with Crippen LogP contribution in [0.3, 0.4) is 0 Å². The van der Waals surface area contributed by atoms with Crippen LogP contribution in [-0.2, 0) is 0 Å². The zero-order chi connectivity index (χ0) is 14.3. The number of halogens is 1. The Hall–Kier alpha value is -1.03. The highest BCUT2D eigenvalue weighted by Crippen LogP contribution is 2.14. The molecule has 0 aromatic heterocycles. The fraction of sp³-hybridized carbons (Fsp3) is 0.533. The van der Waals surface area contributed by atoms with Crippen LogP contribution in [0.2, 0.25) is 0 Å². The Balaban J connectivity index is 2.62. The number of hydrogen-bond acceptors (Lipinski definition) is 2. The molecule has 4 heteroatoms. The van der Waals surface area contributed by atoms with Gasteiger partial charge in [-0.1, -0.05) is 22.9 Å². The van der Waals surface area contributed by atoms with E-state index in [4.69, 9.17) is 4.74 Å². The summed E-state index contributed by atoms with van der Waals surface area (Å²) in [4.78, 5) is 12.1. The maximum atomic E-state index is 12.1. The van der Waals surface area contributed by atoms with E-state index in [9.17, 15) is 4.79 Å². The number of alkyl halides is 1. The Morgan fingerprint density at radius 2 is 1.95 bits per heavy atom. The van der Waals surface area contributed by atoms with E-state index in [0.29, 0.717) is 5.56 Å². The fourth-order valence-electron chi connectivity index (χ4n) is 1.74. The third-order valence-electron chi connectivity index (χ3n) is 2.77. The molecule has 19 heavy (non-hydrogen) atoms. The Bertz CT molecular complexity index is 390. The molecule has 0 radical (unpaired) electrons. The molecule has 1 N–H and O–H groups in total. The SMILES string of the molecule is CCC(CCBr)NC(=O)c1ccc(OC(C)C)cc1. The Morgan fingerprint density at radius 3 is 2.42 bits per heavy atom. The van der Waals surface area contributed by atoms with Gasteiger partial charge < -0.3 is 10.1 Å². The zero-order valence-electron chi connectivity index (χ0n) is 11.8. The summed E-state index contributed by atoms with van der Waals surface area (Å²) in [5.74, 6) is 0.767. The number of carbonyl (C=O) groups excluding carboxylic acids is 1. The highest BCUT2D eigenvalue weighted by Gasteiger charge is 2.11. The van der Waals surface area contributed by atoms with Crippen LogP contribution in [0, 0.1) is 0 Å². The fourth-order valence-corrected chi connectivity index (χ4v) is 2.29. The minimum absolute atomic E-state index is 0.0242. The monoisotopic (exact) mass is 327 g/mol. The van der Waals surface area contributed by atoms with Crippen molar-refractivity contribution in [2.75, 3.05) is 5.33 Å². The lowest BCUT2D eigenvalue weighted by Crippen LogP contribution is -2.34. The van der Waals surface area contributed by atoms with Crippen molar-refractivity contribution in [3.63, 3.8) is 0 Å². The molecule has 0 saturated heterocycles. The molecular weight excluding hydrogens is 306 g/mol. The molecular formula is C15H22BrNO2. The van der Waals surface area contributed by atoms with Gasteiger partial charge in [-0.2, -0.15) is 0 Å². The standard InChI is InChI=1S/C15H22BrNO2/c1-4-13(9-10-16)17-15(18)12-5-7-14(8-6-12)19-11(2)3/h5-8,11,13H,4,9-10H2,1-3H3,(H,17,18). The first kappa shape index (κ1) is 16.0. The van der Waals surface area contributed by atoms with Crippen LogP contribution >= 0.6 is 15.9 Å². The van der Waals surface area contributed by atoms with Gasteiger partial charge in [-0.15, -0.1) is 0 Å². The molecule has 0 aliphatic rings. The van der Waals surface area contributed by atoms with Gasteiger partial charge in [0.25, 0.3) is 5.91 Å². The van der Waals surface area contributed by atoms with E-state index >= 15 is 0 Å². The summed E-state index contributed by atoms with van der Waals surface area (Å²) in [5.41, 5.74) is 0.670. The van der Waals surface area contributed by atoms with Crippen molar-refractivity contribution >= 4 is 21.8 Å². The minimum atomic E-state index is -0.0242. The Labute approximate surface area is 123 Å². The third-order valence-corrected chi connectivity index (χ3v) is 3.23. The van der Waals surface area contributed by atoms with E-state index in [0.717, 1.165) is 23.9 Å². The first-order valence-corrected chi connectivity index (χ1v) is 7.82. The number of nitrogens with one attached hydrogen (secondary N) is 1. The van der Waals surface area contributed by atoms with Crippen molar-refractivity contribution in [1.82, 2.24) is 5.32 Å². The van der Waals surface area contributed by atoms with Crippen LogP contribution in [0.15, 0.2) is 24.3 Å². The topological polar surface area (TPSA) is 38.3 Å². The second kappa shape index (κ2) is 8.20. The minimum Gasteiger partial charge on any atom is -0.491 e. The first-order chi connectivity index (χ1) is 9.06. The van der Waals surface area contributed by atoms with Gasteiger partial charge in [0.15, 0.2) is 0 Å². The largest absolute Gasteiger partial charge is 0.491 e. The first-order valence-electron chi connectivity index (χ1n) is 6.70. The molecule has 0 heterocycles. The maximum absolute atomic E-state index is 12.1. The lowest BCUT2D eigenvalue weighted by atomic mass is 10.1. The van der Waals surface area contributed by atoms with Crippen LogP contribution < -0.4 is 10.1 Å². The molecule has 0 aliphatic carbocycles.